The van der Waals surface area contributed by atoms with Gasteiger partial charge in [0.15, 0.2) is 28.8 Å². The average molecular weight is 507 g/mol. The number of hydrogen-bond acceptors (Lipinski definition) is 10. The van der Waals surface area contributed by atoms with E-state index >= 15 is 0 Å². The molecule has 1 aromatic heterocycles. The minimum atomic E-state index is -1.01. The van der Waals surface area contributed by atoms with E-state index in [1.165, 1.54) is 12.1 Å². The summed E-state index contributed by atoms with van der Waals surface area (Å²) >= 11 is 0. The lowest BCUT2D eigenvalue weighted by atomic mass is 9.86. The van der Waals surface area contributed by atoms with Crippen LogP contribution in [0.3, 0.4) is 0 Å². The van der Waals surface area contributed by atoms with Gasteiger partial charge in [-0.3, -0.25) is 9.59 Å². The zero-order valence-corrected chi connectivity index (χ0v) is 19.7. The SMILES string of the molecule is N[C@H]1CC[C@H](COC(=O)c2c(O)c(O)cc3occ(C4=CCc5cc(O)c(O)cc5C4=O)c(=O)c23)CC1. The number of Topliss-reactive ketones (excluding diaryl/α,β-unsaturated/α-hetero) is 1. The first-order valence-corrected chi connectivity index (χ1v) is 11.9. The number of nitrogens with two attached hydrogens (primary N) is 1. The van der Waals surface area contributed by atoms with Crippen molar-refractivity contribution in [3.05, 3.63) is 63.0 Å². The summed E-state index contributed by atoms with van der Waals surface area (Å²) in [5, 5.41) is 39.9. The zero-order chi connectivity index (χ0) is 26.4. The number of ketones is 1. The molecule has 0 saturated heterocycles. The van der Waals surface area contributed by atoms with Crippen LogP contribution in [-0.4, -0.2) is 44.8 Å². The highest BCUT2D eigenvalue weighted by atomic mass is 16.5. The molecule has 1 fully saturated rings. The van der Waals surface area contributed by atoms with Gasteiger partial charge in [-0.25, -0.2) is 4.79 Å². The highest BCUT2D eigenvalue weighted by molar-refractivity contribution is 6.30. The zero-order valence-electron chi connectivity index (χ0n) is 19.7. The second-order valence-electron chi connectivity index (χ2n) is 9.50. The number of hydrogen-bond donors (Lipinski definition) is 5. The maximum Gasteiger partial charge on any atom is 0.342 e. The Hall–Kier alpha value is -4.31. The Morgan fingerprint density at radius 1 is 0.973 bits per heavy atom. The molecule has 0 bridgehead atoms. The topological polar surface area (TPSA) is 181 Å². The van der Waals surface area contributed by atoms with E-state index in [9.17, 15) is 34.8 Å². The van der Waals surface area contributed by atoms with Crippen LogP contribution >= 0.6 is 0 Å². The van der Waals surface area contributed by atoms with Gasteiger partial charge in [0.2, 0.25) is 5.43 Å². The van der Waals surface area contributed by atoms with Crippen LogP contribution in [0.4, 0.5) is 0 Å². The highest BCUT2D eigenvalue weighted by Crippen LogP contribution is 2.38. The minimum absolute atomic E-state index is 0.0290. The van der Waals surface area contributed by atoms with Gasteiger partial charge in [-0.05, 0) is 55.7 Å². The molecule has 0 radical (unpaired) electrons. The molecule has 0 amide bonds. The standard InChI is InChI=1S/C27H25NO9/c28-14-4-1-12(2-5-14)10-37-27(35)23-22-21(9-20(31)26(23)34)36-11-17(25(22)33)15-6-3-13-7-18(29)19(30)8-16(13)24(15)32/h6-9,11-12,14,29-31,34H,1-5,10,28H2/t12-,14-. The molecule has 37 heavy (non-hydrogen) atoms. The molecule has 5 rings (SSSR count). The number of allylic oxidation sites excluding steroid dienone is 2. The van der Waals surface area contributed by atoms with Crippen LogP contribution in [0.2, 0.25) is 0 Å². The molecular weight excluding hydrogens is 482 g/mol. The van der Waals surface area contributed by atoms with E-state index < -0.39 is 40.0 Å². The predicted octanol–water partition coefficient (Wildman–Crippen LogP) is 3.11. The fraction of sp³-hybridized carbons (Fsp3) is 0.296. The summed E-state index contributed by atoms with van der Waals surface area (Å²) in [7, 11) is 0. The van der Waals surface area contributed by atoms with Crippen molar-refractivity contribution in [3.8, 4) is 23.0 Å². The number of phenolic OH excluding ortho intramolecular Hbond substituents is 4. The Morgan fingerprint density at radius 3 is 2.41 bits per heavy atom. The van der Waals surface area contributed by atoms with Crippen molar-refractivity contribution < 1.29 is 39.2 Å². The summed E-state index contributed by atoms with van der Waals surface area (Å²) in [6.45, 7) is 0.0595. The fourth-order valence-corrected chi connectivity index (χ4v) is 4.95. The van der Waals surface area contributed by atoms with E-state index in [2.05, 4.69) is 0 Å². The summed E-state index contributed by atoms with van der Waals surface area (Å²) in [5.74, 6) is -3.87. The van der Waals surface area contributed by atoms with E-state index in [-0.39, 0.29) is 58.4 Å². The molecule has 1 saturated carbocycles. The number of aromatic hydroxyl groups is 4. The monoisotopic (exact) mass is 507 g/mol. The molecule has 0 unspecified atom stereocenters. The van der Waals surface area contributed by atoms with Gasteiger partial charge in [-0.2, -0.15) is 0 Å². The fourth-order valence-electron chi connectivity index (χ4n) is 4.95. The molecule has 0 aliphatic heterocycles. The molecule has 0 spiro atoms. The van der Waals surface area contributed by atoms with E-state index in [1.807, 2.05) is 0 Å². The first-order chi connectivity index (χ1) is 17.7. The number of carbonyl (C=O) groups excluding carboxylic acids is 2. The molecule has 192 valence electrons. The minimum Gasteiger partial charge on any atom is -0.504 e. The van der Waals surface area contributed by atoms with Crippen LogP contribution in [-0.2, 0) is 11.2 Å². The number of phenols is 4. The third kappa shape index (κ3) is 4.29. The maximum absolute atomic E-state index is 13.6. The van der Waals surface area contributed by atoms with E-state index in [1.54, 1.807) is 0 Å². The Bertz CT molecular complexity index is 1530. The molecule has 1 heterocycles. The van der Waals surface area contributed by atoms with Crippen LogP contribution in [0.15, 0.2) is 39.7 Å². The molecule has 2 aromatic carbocycles. The number of fused-ring (bicyclic) bond motifs is 2. The van der Waals surface area contributed by atoms with Gasteiger partial charge >= 0.3 is 5.97 Å². The van der Waals surface area contributed by atoms with Crippen LogP contribution in [0.25, 0.3) is 16.5 Å². The van der Waals surface area contributed by atoms with Crippen LogP contribution in [0.1, 0.15) is 57.5 Å². The number of esters is 1. The third-order valence-electron chi connectivity index (χ3n) is 7.07. The Balaban J connectivity index is 1.54. The van der Waals surface area contributed by atoms with Gasteiger partial charge in [0, 0.05) is 23.2 Å². The van der Waals surface area contributed by atoms with Gasteiger partial charge in [-0.1, -0.05) is 6.08 Å². The van der Waals surface area contributed by atoms with Crippen molar-refractivity contribution in [2.75, 3.05) is 6.61 Å². The molecule has 0 atom stereocenters. The Labute approximate surface area is 210 Å². The Morgan fingerprint density at radius 2 is 1.68 bits per heavy atom. The molecular formula is C27H25NO9. The molecule has 10 nitrogen and oxygen atoms in total. The summed E-state index contributed by atoms with van der Waals surface area (Å²) in [5.41, 5.74) is 4.78. The van der Waals surface area contributed by atoms with Crippen molar-refractivity contribution >= 4 is 28.3 Å². The van der Waals surface area contributed by atoms with E-state index in [0.29, 0.717) is 5.56 Å². The largest absolute Gasteiger partial charge is 0.504 e. The summed E-state index contributed by atoms with van der Waals surface area (Å²) in [6.07, 6.45) is 5.86. The summed E-state index contributed by atoms with van der Waals surface area (Å²) in [6, 6.07) is 3.51. The van der Waals surface area contributed by atoms with Crippen molar-refractivity contribution in [1.82, 2.24) is 0 Å². The van der Waals surface area contributed by atoms with E-state index in [0.717, 1.165) is 44.1 Å². The van der Waals surface area contributed by atoms with Gasteiger partial charge < -0.3 is 35.3 Å². The molecule has 2 aliphatic rings. The second kappa shape index (κ2) is 9.29. The lowest BCUT2D eigenvalue weighted by molar-refractivity contribution is 0.0404. The van der Waals surface area contributed by atoms with Gasteiger partial charge in [0.25, 0.3) is 0 Å². The summed E-state index contributed by atoms with van der Waals surface area (Å²) < 4.78 is 10.9. The molecule has 10 heteroatoms. The second-order valence-corrected chi connectivity index (χ2v) is 9.50. The number of carbonyl (C=O) groups is 2. The van der Waals surface area contributed by atoms with Crippen LogP contribution in [0, 0.1) is 5.92 Å². The van der Waals surface area contributed by atoms with Crippen LogP contribution < -0.4 is 11.2 Å². The normalized spacial score (nSPS) is 19.4. The van der Waals surface area contributed by atoms with Gasteiger partial charge in [0.05, 0.1) is 17.6 Å². The lowest BCUT2D eigenvalue weighted by Crippen LogP contribution is -2.28. The smallest absolute Gasteiger partial charge is 0.342 e. The van der Waals surface area contributed by atoms with Crippen molar-refractivity contribution in [2.24, 2.45) is 11.7 Å². The summed E-state index contributed by atoms with van der Waals surface area (Å²) in [4.78, 5) is 39.8. The molecule has 6 N–H and O–H groups in total. The molecule has 2 aliphatic carbocycles. The van der Waals surface area contributed by atoms with Crippen molar-refractivity contribution in [3.63, 3.8) is 0 Å². The first-order valence-electron chi connectivity index (χ1n) is 11.9. The molecule has 3 aromatic rings. The first kappa shape index (κ1) is 24.4. The quantitative estimate of drug-likeness (QED) is 0.260. The maximum atomic E-state index is 13.6. The van der Waals surface area contributed by atoms with Gasteiger partial charge in [0.1, 0.15) is 17.4 Å². The Kier molecular flexibility index (Phi) is 6.12. The van der Waals surface area contributed by atoms with Crippen molar-refractivity contribution in [2.45, 2.75) is 38.1 Å². The number of benzene rings is 2. The number of ether oxygens (including phenoxy) is 1. The highest BCUT2D eigenvalue weighted by Gasteiger charge is 2.30. The van der Waals surface area contributed by atoms with Crippen molar-refractivity contribution in [1.29, 1.82) is 0 Å². The third-order valence-corrected chi connectivity index (χ3v) is 7.07. The van der Waals surface area contributed by atoms with E-state index in [4.69, 9.17) is 14.9 Å². The number of rotatable bonds is 4. The lowest BCUT2D eigenvalue weighted by Gasteiger charge is -2.25. The average Bonchev–Trinajstić information content (AvgIpc) is 2.87. The predicted molar refractivity (Wildman–Crippen MR) is 132 cm³/mol. The van der Waals surface area contributed by atoms with Gasteiger partial charge in [-0.15, -0.1) is 0 Å². The van der Waals surface area contributed by atoms with Crippen LogP contribution in [0.5, 0.6) is 23.0 Å².